The molecule has 7 heteroatoms. The van der Waals surface area contributed by atoms with E-state index in [-0.39, 0.29) is 11.7 Å². The van der Waals surface area contributed by atoms with Crippen LogP contribution in [0, 0.1) is 20.8 Å². The van der Waals surface area contributed by atoms with E-state index in [9.17, 15) is 4.79 Å². The largest absolute Gasteiger partial charge is 0.325 e. The van der Waals surface area contributed by atoms with Crippen molar-refractivity contribution in [1.82, 2.24) is 19.7 Å². The molecule has 0 spiro atoms. The van der Waals surface area contributed by atoms with Crippen LogP contribution in [0.5, 0.6) is 0 Å². The molecule has 0 aliphatic heterocycles. The minimum absolute atomic E-state index is 0.0806. The molecule has 0 atom stereocenters. The summed E-state index contributed by atoms with van der Waals surface area (Å²) < 4.78 is 1.98. The molecule has 1 N–H and O–H groups in total. The third-order valence-electron chi connectivity index (χ3n) is 4.83. The van der Waals surface area contributed by atoms with E-state index >= 15 is 0 Å². The number of rotatable bonds is 6. The van der Waals surface area contributed by atoms with Gasteiger partial charge in [0.25, 0.3) is 0 Å². The zero-order valence-electron chi connectivity index (χ0n) is 17.7. The highest BCUT2D eigenvalue weighted by molar-refractivity contribution is 7.99. The molecule has 0 radical (unpaired) electrons. The van der Waals surface area contributed by atoms with Crippen molar-refractivity contribution in [2.75, 3.05) is 11.1 Å². The van der Waals surface area contributed by atoms with Gasteiger partial charge in [-0.15, -0.1) is 10.2 Å². The van der Waals surface area contributed by atoms with Crippen molar-refractivity contribution in [2.45, 2.75) is 25.9 Å². The summed E-state index contributed by atoms with van der Waals surface area (Å²) >= 11 is 1.36. The maximum absolute atomic E-state index is 12.6. The van der Waals surface area contributed by atoms with Crippen molar-refractivity contribution in [3.63, 3.8) is 0 Å². The van der Waals surface area contributed by atoms with Crippen molar-refractivity contribution in [2.24, 2.45) is 0 Å². The van der Waals surface area contributed by atoms with Crippen LogP contribution in [-0.2, 0) is 4.79 Å². The molecule has 31 heavy (non-hydrogen) atoms. The first-order chi connectivity index (χ1) is 15.0. The van der Waals surface area contributed by atoms with Gasteiger partial charge in [0.15, 0.2) is 11.0 Å². The van der Waals surface area contributed by atoms with Crippen LogP contribution in [0.2, 0.25) is 0 Å². The van der Waals surface area contributed by atoms with Crippen LogP contribution >= 0.6 is 11.8 Å². The number of pyridine rings is 1. The molecule has 0 aliphatic carbocycles. The first kappa shape index (κ1) is 20.8. The normalized spacial score (nSPS) is 10.8. The van der Waals surface area contributed by atoms with Gasteiger partial charge < -0.3 is 5.32 Å². The summed E-state index contributed by atoms with van der Waals surface area (Å²) in [6.45, 7) is 6.04. The second-order valence-corrected chi connectivity index (χ2v) is 8.31. The molecule has 156 valence electrons. The molecule has 0 fully saturated rings. The number of anilines is 1. The molecule has 2 aromatic heterocycles. The van der Waals surface area contributed by atoms with Crippen LogP contribution in [-0.4, -0.2) is 31.4 Å². The summed E-state index contributed by atoms with van der Waals surface area (Å²) in [6, 6.07) is 18.0. The average molecular weight is 430 g/mol. The number of carbonyl (C=O) groups excluding carboxylic acids is 1. The number of aryl methyl sites for hydroxylation is 3. The number of thioether (sulfide) groups is 1. The van der Waals surface area contributed by atoms with E-state index in [2.05, 4.69) is 26.6 Å². The number of amides is 1. The molecule has 0 aliphatic rings. The van der Waals surface area contributed by atoms with Crippen molar-refractivity contribution < 1.29 is 4.79 Å². The number of hydrogen-bond donors (Lipinski definition) is 1. The third kappa shape index (κ3) is 4.83. The first-order valence-electron chi connectivity index (χ1n) is 9.94. The van der Waals surface area contributed by atoms with Crippen molar-refractivity contribution in [1.29, 1.82) is 0 Å². The topological polar surface area (TPSA) is 72.7 Å². The zero-order chi connectivity index (χ0) is 21.8. The fraction of sp³-hybridized carbons (Fsp3) is 0.167. The lowest BCUT2D eigenvalue weighted by atomic mass is 10.1. The number of nitrogens with zero attached hydrogens (tertiary/aromatic N) is 4. The molecule has 1 amide bonds. The van der Waals surface area contributed by atoms with E-state index in [0.29, 0.717) is 11.0 Å². The Bertz CT molecular complexity index is 1220. The van der Waals surface area contributed by atoms with Crippen molar-refractivity contribution in [3.8, 4) is 17.1 Å². The van der Waals surface area contributed by atoms with Crippen LogP contribution in [0.1, 0.15) is 16.7 Å². The van der Waals surface area contributed by atoms with E-state index < -0.39 is 0 Å². The van der Waals surface area contributed by atoms with Gasteiger partial charge in [0, 0.05) is 29.3 Å². The van der Waals surface area contributed by atoms with Crippen LogP contribution in [0.4, 0.5) is 5.69 Å². The highest BCUT2D eigenvalue weighted by Gasteiger charge is 2.17. The van der Waals surface area contributed by atoms with Gasteiger partial charge in [-0.3, -0.25) is 14.3 Å². The maximum atomic E-state index is 12.6. The fourth-order valence-electron chi connectivity index (χ4n) is 3.24. The van der Waals surface area contributed by atoms with E-state index in [0.717, 1.165) is 33.6 Å². The van der Waals surface area contributed by atoms with Crippen LogP contribution in [0.25, 0.3) is 17.1 Å². The molecule has 0 saturated heterocycles. The van der Waals surface area contributed by atoms with Crippen LogP contribution in [0.15, 0.2) is 72.1 Å². The van der Waals surface area contributed by atoms with Gasteiger partial charge in [-0.25, -0.2) is 0 Å². The molecule has 0 saturated carbocycles. The molecule has 2 heterocycles. The summed E-state index contributed by atoms with van der Waals surface area (Å²) in [5.41, 5.74) is 5.98. The molecule has 4 aromatic rings. The second-order valence-electron chi connectivity index (χ2n) is 7.37. The average Bonchev–Trinajstić information content (AvgIpc) is 3.19. The van der Waals surface area contributed by atoms with E-state index in [1.54, 1.807) is 12.4 Å². The van der Waals surface area contributed by atoms with Crippen LogP contribution in [0.3, 0.4) is 0 Å². The summed E-state index contributed by atoms with van der Waals surface area (Å²) in [4.78, 5) is 16.7. The lowest BCUT2D eigenvalue weighted by Crippen LogP contribution is -2.15. The fourth-order valence-corrected chi connectivity index (χ4v) is 3.99. The predicted molar refractivity (Wildman–Crippen MR) is 125 cm³/mol. The molecule has 6 nitrogen and oxygen atoms in total. The van der Waals surface area contributed by atoms with E-state index in [1.165, 1.54) is 11.8 Å². The second kappa shape index (κ2) is 9.14. The third-order valence-corrected chi connectivity index (χ3v) is 5.76. The molecule has 0 unspecified atom stereocenters. The highest BCUT2D eigenvalue weighted by Crippen LogP contribution is 2.28. The Kier molecular flexibility index (Phi) is 6.13. The molecular weight excluding hydrogens is 406 g/mol. The van der Waals surface area contributed by atoms with Gasteiger partial charge in [0.2, 0.25) is 5.91 Å². The van der Waals surface area contributed by atoms with Gasteiger partial charge in [0.1, 0.15) is 0 Å². The zero-order valence-corrected chi connectivity index (χ0v) is 18.5. The molecule has 0 bridgehead atoms. The highest BCUT2D eigenvalue weighted by atomic mass is 32.2. The number of hydrogen-bond acceptors (Lipinski definition) is 5. The smallest absolute Gasteiger partial charge is 0.234 e. The SMILES string of the molecule is Cc1cccc(-n2c(SCC(=O)Nc3cc(C)ccc3C)nnc2-c2ccncc2)c1. The van der Waals surface area contributed by atoms with E-state index in [1.807, 2.05) is 73.9 Å². The summed E-state index contributed by atoms with van der Waals surface area (Å²) in [6.07, 6.45) is 3.46. The molecule has 4 rings (SSSR count). The Morgan fingerprint density at radius 3 is 2.52 bits per heavy atom. The Labute approximate surface area is 185 Å². The quantitative estimate of drug-likeness (QED) is 0.437. The van der Waals surface area contributed by atoms with Gasteiger partial charge in [-0.05, 0) is 67.8 Å². The summed E-state index contributed by atoms with van der Waals surface area (Å²) in [7, 11) is 0. The van der Waals surface area contributed by atoms with Gasteiger partial charge >= 0.3 is 0 Å². The van der Waals surface area contributed by atoms with Crippen molar-refractivity contribution >= 4 is 23.4 Å². The number of nitrogens with one attached hydrogen (secondary N) is 1. The predicted octanol–water partition coefficient (Wildman–Crippen LogP) is 4.99. The minimum Gasteiger partial charge on any atom is -0.325 e. The Morgan fingerprint density at radius 1 is 0.968 bits per heavy atom. The number of benzene rings is 2. The first-order valence-corrected chi connectivity index (χ1v) is 10.9. The number of carbonyl (C=O) groups is 1. The Balaban J connectivity index is 1.60. The van der Waals surface area contributed by atoms with Crippen LogP contribution < -0.4 is 5.32 Å². The van der Waals surface area contributed by atoms with Crippen molar-refractivity contribution in [3.05, 3.63) is 83.7 Å². The standard InChI is InChI=1S/C24H23N5OS/c1-16-5-4-6-20(13-16)29-23(19-9-11-25-12-10-19)27-28-24(29)31-15-22(30)26-21-14-17(2)7-8-18(21)3/h4-14H,15H2,1-3H3,(H,26,30). The molecular formula is C24H23N5OS. The molecule has 2 aromatic carbocycles. The lowest BCUT2D eigenvalue weighted by molar-refractivity contribution is -0.113. The lowest BCUT2D eigenvalue weighted by Gasteiger charge is -2.12. The summed E-state index contributed by atoms with van der Waals surface area (Å²) in [5, 5.41) is 12.5. The minimum atomic E-state index is -0.0806. The van der Waals surface area contributed by atoms with Gasteiger partial charge in [-0.1, -0.05) is 36.0 Å². The summed E-state index contributed by atoms with van der Waals surface area (Å²) in [5.74, 6) is 0.863. The maximum Gasteiger partial charge on any atom is 0.234 e. The number of aromatic nitrogens is 4. The van der Waals surface area contributed by atoms with Gasteiger partial charge in [-0.2, -0.15) is 0 Å². The van der Waals surface area contributed by atoms with E-state index in [4.69, 9.17) is 0 Å². The van der Waals surface area contributed by atoms with Gasteiger partial charge in [0.05, 0.1) is 5.75 Å². The Hall–Kier alpha value is -3.45. The monoisotopic (exact) mass is 429 g/mol. The Morgan fingerprint density at radius 2 is 1.74 bits per heavy atom.